The van der Waals surface area contributed by atoms with Gasteiger partial charge in [-0.3, -0.25) is 9.59 Å². The van der Waals surface area contributed by atoms with Crippen LogP contribution in [0.5, 0.6) is 0 Å². The first-order valence-electron chi connectivity index (χ1n) is 14.1. The van der Waals surface area contributed by atoms with E-state index in [1.54, 1.807) is 24.3 Å². The van der Waals surface area contributed by atoms with E-state index in [4.69, 9.17) is 0 Å². The van der Waals surface area contributed by atoms with Gasteiger partial charge in [0.1, 0.15) is 0 Å². The van der Waals surface area contributed by atoms with Crippen molar-refractivity contribution < 1.29 is 36.0 Å². The predicted octanol–water partition coefficient (Wildman–Crippen LogP) is 4.93. The molecule has 2 fully saturated rings. The summed E-state index contributed by atoms with van der Waals surface area (Å²) >= 11 is 1.50. The molecule has 4 rings (SSSR count). The molecule has 0 radical (unpaired) electrons. The summed E-state index contributed by atoms with van der Waals surface area (Å²) in [6, 6.07) is 8.10. The molecule has 43 heavy (non-hydrogen) atoms. The summed E-state index contributed by atoms with van der Waals surface area (Å²) in [6.45, 7) is 0.463. The molecule has 2 aliphatic rings. The topological polar surface area (TPSA) is 125 Å². The van der Waals surface area contributed by atoms with Crippen LogP contribution in [-0.2, 0) is 20.8 Å². The largest absolute Gasteiger partial charge is 0.416 e. The summed E-state index contributed by atoms with van der Waals surface area (Å²) in [5, 5.41) is 7.67. The van der Waals surface area contributed by atoms with Crippen molar-refractivity contribution in [3.05, 3.63) is 53.6 Å². The second-order valence-corrected chi connectivity index (χ2v) is 13.7. The molecule has 0 bridgehead atoms. The average Bonchev–Trinajstić information content (AvgIpc) is 3.52. The van der Waals surface area contributed by atoms with Crippen LogP contribution in [0, 0.1) is 5.92 Å². The SMILES string of the molecule is CSc1ccc(S(=O)(=O)C[C@H]2CCCC[C@H]2NC(=O)CNC(=O)c2cc(C(F)(F)F)ccc2NC(=O)N2CCCC2)cc1. The van der Waals surface area contributed by atoms with Gasteiger partial charge in [0.15, 0.2) is 9.84 Å². The van der Waals surface area contributed by atoms with Crippen molar-refractivity contribution in [1.82, 2.24) is 15.5 Å². The van der Waals surface area contributed by atoms with Crippen LogP contribution in [0.3, 0.4) is 0 Å². The lowest BCUT2D eigenvalue weighted by Crippen LogP contribution is -2.47. The normalized spacial score (nSPS) is 19.1. The first-order chi connectivity index (χ1) is 20.4. The fraction of sp³-hybridized carbons (Fsp3) is 0.483. The highest BCUT2D eigenvalue weighted by Gasteiger charge is 2.33. The molecule has 1 saturated heterocycles. The number of alkyl halides is 3. The average molecular weight is 641 g/mol. The summed E-state index contributed by atoms with van der Waals surface area (Å²) in [6.07, 6.45) is 1.56. The molecule has 3 N–H and O–H groups in total. The van der Waals surface area contributed by atoms with Crippen LogP contribution < -0.4 is 16.0 Å². The highest BCUT2D eigenvalue weighted by atomic mass is 32.2. The van der Waals surface area contributed by atoms with Crippen molar-refractivity contribution >= 4 is 45.1 Å². The Kier molecular flexibility index (Phi) is 10.6. The fourth-order valence-corrected chi connectivity index (χ4v) is 7.52. The first-order valence-corrected chi connectivity index (χ1v) is 17.0. The molecule has 234 valence electrons. The third kappa shape index (κ3) is 8.65. The summed E-state index contributed by atoms with van der Waals surface area (Å²) in [4.78, 5) is 41.0. The lowest BCUT2D eigenvalue weighted by Gasteiger charge is -2.32. The van der Waals surface area contributed by atoms with E-state index in [1.165, 1.54) is 16.7 Å². The van der Waals surface area contributed by atoms with E-state index in [1.807, 2.05) is 6.26 Å². The van der Waals surface area contributed by atoms with Crippen molar-refractivity contribution in [2.45, 2.75) is 60.5 Å². The molecule has 0 aromatic heterocycles. The molecule has 1 aliphatic carbocycles. The number of carbonyl (C=O) groups excluding carboxylic acids is 3. The molecule has 2 aromatic carbocycles. The molecule has 2 aromatic rings. The Labute approximate surface area is 253 Å². The number of urea groups is 1. The maximum absolute atomic E-state index is 13.4. The monoisotopic (exact) mass is 640 g/mol. The van der Waals surface area contributed by atoms with Crippen molar-refractivity contribution in [3.63, 3.8) is 0 Å². The summed E-state index contributed by atoms with van der Waals surface area (Å²) in [7, 11) is -3.61. The number of halogens is 3. The summed E-state index contributed by atoms with van der Waals surface area (Å²) < 4.78 is 66.4. The Bertz CT molecular complexity index is 1430. The number of thioether (sulfide) groups is 1. The van der Waals surface area contributed by atoms with Gasteiger partial charge in [-0.05, 0) is 80.3 Å². The van der Waals surface area contributed by atoms with Crippen LogP contribution in [0.2, 0.25) is 0 Å². The van der Waals surface area contributed by atoms with Crippen LogP contribution in [0.15, 0.2) is 52.3 Å². The van der Waals surface area contributed by atoms with Gasteiger partial charge in [-0.25, -0.2) is 13.2 Å². The number of rotatable bonds is 9. The number of nitrogens with one attached hydrogen (secondary N) is 3. The van der Waals surface area contributed by atoms with Crippen molar-refractivity contribution in [3.8, 4) is 0 Å². The highest BCUT2D eigenvalue weighted by molar-refractivity contribution is 7.98. The van der Waals surface area contributed by atoms with Crippen LogP contribution in [0.4, 0.5) is 23.7 Å². The van der Waals surface area contributed by atoms with Crippen LogP contribution in [0.25, 0.3) is 0 Å². The van der Waals surface area contributed by atoms with E-state index in [0.717, 1.165) is 42.7 Å². The molecule has 0 spiro atoms. The maximum atomic E-state index is 13.4. The van der Waals surface area contributed by atoms with E-state index in [9.17, 15) is 36.0 Å². The Morgan fingerprint density at radius 2 is 1.65 bits per heavy atom. The molecule has 2 atom stereocenters. The lowest BCUT2D eigenvalue weighted by atomic mass is 9.86. The van der Waals surface area contributed by atoms with Gasteiger partial charge in [0, 0.05) is 24.0 Å². The van der Waals surface area contributed by atoms with Crippen LogP contribution in [-0.4, -0.2) is 68.8 Å². The summed E-state index contributed by atoms with van der Waals surface area (Å²) in [5.74, 6) is -2.04. The van der Waals surface area contributed by atoms with Gasteiger partial charge >= 0.3 is 12.2 Å². The third-order valence-electron chi connectivity index (χ3n) is 7.74. The standard InChI is InChI=1S/C29H35F3N4O5S2/c1-42-21-9-11-22(12-10-21)43(40,41)18-19-6-2-3-7-24(19)34-26(37)17-33-27(38)23-16-20(29(30,31)32)8-13-25(23)35-28(39)36-14-4-5-15-36/h8-13,16,19,24H,2-7,14-15,17-18H2,1H3,(H,33,38)(H,34,37)(H,35,39)/t19-,24-/m1/s1. The first kappa shape index (κ1) is 32.6. The van der Waals surface area contributed by atoms with Crippen LogP contribution >= 0.6 is 11.8 Å². The second-order valence-electron chi connectivity index (χ2n) is 10.7. The van der Waals surface area contributed by atoms with E-state index in [0.29, 0.717) is 32.0 Å². The molecule has 9 nitrogen and oxygen atoms in total. The smallest absolute Gasteiger partial charge is 0.352 e. The van der Waals surface area contributed by atoms with Gasteiger partial charge in [0.25, 0.3) is 5.91 Å². The Balaban J connectivity index is 1.40. The predicted molar refractivity (Wildman–Crippen MR) is 158 cm³/mol. The number of benzene rings is 2. The van der Waals surface area contributed by atoms with Crippen molar-refractivity contribution in [2.24, 2.45) is 5.92 Å². The maximum Gasteiger partial charge on any atom is 0.416 e. The van der Waals surface area contributed by atoms with Gasteiger partial charge in [0.05, 0.1) is 34.0 Å². The zero-order chi connectivity index (χ0) is 31.2. The Morgan fingerprint density at radius 3 is 2.30 bits per heavy atom. The number of carbonyl (C=O) groups is 3. The van der Waals surface area contributed by atoms with E-state index >= 15 is 0 Å². The second kappa shape index (κ2) is 14.0. The van der Waals surface area contributed by atoms with E-state index < -0.39 is 57.6 Å². The number of anilines is 1. The zero-order valence-corrected chi connectivity index (χ0v) is 25.3. The minimum atomic E-state index is -4.72. The molecule has 1 saturated carbocycles. The molecule has 1 heterocycles. The minimum Gasteiger partial charge on any atom is -0.352 e. The molecular formula is C29H35F3N4O5S2. The third-order valence-corrected chi connectivity index (χ3v) is 10.3. The van der Waals surface area contributed by atoms with Crippen molar-refractivity contribution in [2.75, 3.05) is 37.0 Å². The number of hydrogen-bond donors (Lipinski definition) is 3. The molecule has 14 heteroatoms. The molecule has 4 amide bonds. The fourth-order valence-electron chi connectivity index (χ4n) is 5.40. The molecule has 0 unspecified atom stereocenters. The van der Waals surface area contributed by atoms with Gasteiger partial charge < -0.3 is 20.9 Å². The van der Waals surface area contributed by atoms with Gasteiger partial charge in [-0.1, -0.05) is 12.8 Å². The molecule has 1 aliphatic heterocycles. The highest BCUT2D eigenvalue weighted by Crippen LogP contribution is 2.32. The quantitative estimate of drug-likeness (QED) is 0.334. The van der Waals surface area contributed by atoms with Gasteiger partial charge in [-0.15, -0.1) is 11.8 Å². The molecular weight excluding hydrogens is 605 g/mol. The van der Waals surface area contributed by atoms with E-state index in [-0.39, 0.29) is 22.3 Å². The van der Waals surface area contributed by atoms with Crippen LogP contribution in [0.1, 0.15) is 54.4 Å². The number of amides is 4. The summed E-state index contributed by atoms with van der Waals surface area (Å²) in [5.41, 5.74) is -1.61. The Hall–Kier alpha value is -3.26. The van der Waals surface area contributed by atoms with Gasteiger partial charge in [-0.2, -0.15) is 13.2 Å². The number of nitrogens with zero attached hydrogens (tertiary/aromatic N) is 1. The van der Waals surface area contributed by atoms with Crippen molar-refractivity contribution in [1.29, 1.82) is 0 Å². The number of sulfone groups is 1. The minimum absolute atomic E-state index is 0.106. The van der Waals surface area contributed by atoms with E-state index in [2.05, 4.69) is 16.0 Å². The van der Waals surface area contributed by atoms with Gasteiger partial charge in [0.2, 0.25) is 5.91 Å². The number of likely N-dealkylation sites (tertiary alicyclic amines) is 1. The lowest BCUT2D eigenvalue weighted by molar-refractivity contribution is -0.137. The number of hydrogen-bond acceptors (Lipinski definition) is 6. The zero-order valence-electron chi connectivity index (χ0n) is 23.7. The Morgan fingerprint density at radius 1 is 0.977 bits per heavy atom.